The molecule has 0 radical (unpaired) electrons. The molecule has 0 amide bonds. The van der Waals surface area contributed by atoms with Crippen molar-refractivity contribution >= 4 is 0 Å². The number of pyridine rings is 1. The van der Waals surface area contributed by atoms with Gasteiger partial charge in [-0.15, -0.1) is 10.2 Å². The highest BCUT2D eigenvalue weighted by atomic mass is 15.6. The third-order valence-corrected chi connectivity index (χ3v) is 2.53. The standard InChI is InChI=1S/C13H11N5/c1-2-6-12(7-3-1)13-15-17-18(16-13)10-11-5-4-8-14-9-11/h1-9H,10H2. The van der Waals surface area contributed by atoms with E-state index in [-0.39, 0.29) is 0 Å². The Hall–Kier alpha value is -2.56. The van der Waals surface area contributed by atoms with Gasteiger partial charge in [0.05, 0.1) is 6.54 Å². The summed E-state index contributed by atoms with van der Waals surface area (Å²) in [5.74, 6) is 0.638. The molecule has 2 heterocycles. The Balaban J connectivity index is 1.82. The SMILES string of the molecule is c1ccc(-c2nnn(Cc3cccnc3)n2)cc1. The van der Waals surface area contributed by atoms with E-state index in [1.807, 2.05) is 42.5 Å². The van der Waals surface area contributed by atoms with E-state index in [9.17, 15) is 0 Å². The topological polar surface area (TPSA) is 56.5 Å². The molecule has 5 heteroatoms. The van der Waals surface area contributed by atoms with Crippen LogP contribution in [0.5, 0.6) is 0 Å². The van der Waals surface area contributed by atoms with Gasteiger partial charge in [-0.1, -0.05) is 36.4 Å². The zero-order valence-electron chi connectivity index (χ0n) is 9.64. The predicted molar refractivity (Wildman–Crippen MR) is 66.6 cm³/mol. The predicted octanol–water partition coefficient (Wildman–Crippen LogP) is 1.78. The Kier molecular flexibility index (Phi) is 2.79. The van der Waals surface area contributed by atoms with Gasteiger partial charge in [0.2, 0.25) is 5.82 Å². The summed E-state index contributed by atoms with van der Waals surface area (Å²) in [4.78, 5) is 5.63. The monoisotopic (exact) mass is 237 g/mol. The maximum atomic E-state index is 4.34. The van der Waals surface area contributed by atoms with Gasteiger partial charge in [-0.05, 0) is 16.8 Å². The van der Waals surface area contributed by atoms with Crippen LogP contribution in [-0.4, -0.2) is 25.2 Å². The summed E-state index contributed by atoms with van der Waals surface area (Å²) in [6, 6.07) is 13.7. The quantitative estimate of drug-likeness (QED) is 0.696. The first-order chi connectivity index (χ1) is 8.92. The van der Waals surface area contributed by atoms with E-state index in [2.05, 4.69) is 20.4 Å². The number of hydrogen-bond acceptors (Lipinski definition) is 4. The molecule has 0 fully saturated rings. The largest absolute Gasteiger partial charge is 0.264 e. The zero-order valence-corrected chi connectivity index (χ0v) is 9.64. The van der Waals surface area contributed by atoms with Crippen LogP contribution in [0.3, 0.4) is 0 Å². The highest BCUT2D eigenvalue weighted by molar-refractivity contribution is 5.52. The number of rotatable bonds is 3. The van der Waals surface area contributed by atoms with Gasteiger partial charge in [-0.25, -0.2) is 0 Å². The van der Waals surface area contributed by atoms with Crippen LogP contribution in [0.15, 0.2) is 54.9 Å². The molecule has 5 nitrogen and oxygen atoms in total. The van der Waals surface area contributed by atoms with Crippen LogP contribution in [0.2, 0.25) is 0 Å². The number of hydrogen-bond donors (Lipinski definition) is 0. The summed E-state index contributed by atoms with van der Waals surface area (Å²) < 4.78 is 0. The van der Waals surface area contributed by atoms with Crippen molar-refractivity contribution in [2.75, 3.05) is 0 Å². The average Bonchev–Trinajstić information content (AvgIpc) is 2.89. The molecule has 0 atom stereocenters. The molecule has 0 saturated heterocycles. The van der Waals surface area contributed by atoms with Crippen molar-refractivity contribution < 1.29 is 0 Å². The Labute approximate surface area is 104 Å². The number of benzene rings is 1. The minimum atomic E-state index is 0.577. The maximum Gasteiger partial charge on any atom is 0.204 e. The molecule has 0 aliphatic heterocycles. The minimum Gasteiger partial charge on any atom is -0.264 e. The average molecular weight is 237 g/mol. The van der Waals surface area contributed by atoms with Crippen LogP contribution in [0.1, 0.15) is 5.56 Å². The van der Waals surface area contributed by atoms with Crippen molar-refractivity contribution in [3.8, 4) is 11.4 Å². The van der Waals surface area contributed by atoms with Gasteiger partial charge in [0, 0.05) is 18.0 Å². The molecule has 1 aromatic carbocycles. The molecule has 0 aliphatic carbocycles. The van der Waals surface area contributed by atoms with Crippen LogP contribution in [0, 0.1) is 0 Å². The molecule has 0 saturated carbocycles. The lowest BCUT2D eigenvalue weighted by Crippen LogP contribution is -2.04. The van der Waals surface area contributed by atoms with Gasteiger partial charge < -0.3 is 0 Å². The Morgan fingerprint density at radius 2 is 1.89 bits per heavy atom. The molecular weight excluding hydrogens is 226 g/mol. The summed E-state index contributed by atoms with van der Waals surface area (Å²) in [6.07, 6.45) is 3.54. The molecule has 3 aromatic rings. The lowest BCUT2D eigenvalue weighted by Gasteiger charge is -1.97. The van der Waals surface area contributed by atoms with Crippen molar-refractivity contribution in [2.24, 2.45) is 0 Å². The van der Waals surface area contributed by atoms with Crippen molar-refractivity contribution in [3.63, 3.8) is 0 Å². The van der Waals surface area contributed by atoms with E-state index in [1.54, 1.807) is 17.2 Å². The number of tetrazole rings is 1. The molecule has 2 aromatic heterocycles. The summed E-state index contributed by atoms with van der Waals surface area (Å²) in [5.41, 5.74) is 2.02. The smallest absolute Gasteiger partial charge is 0.204 e. The van der Waals surface area contributed by atoms with E-state index >= 15 is 0 Å². The van der Waals surface area contributed by atoms with Crippen molar-refractivity contribution in [1.82, 2.24) is 25.2 Å². The summed E-state index contributed by atoms with van der Waals surface area (Å²) in [6.45, 7) is 0.577. The second-order valence-corrected chi connectivity index (χ2v) is 3.87. The van der Waals surface area contributed by atoms with Crippen LogP contribution in [-0.2, 0) is 6.54 Å². The second kappa shape index (κ2) is 4.75. The second-order valence-electron chi connectivity index (χ2n) is 3.87. The summed E-state index contributed by atoms with van der Waals surface area (Å²) in [5, 5.41) is 12.4. The lowest BCUT2D eigenvalue weighted by molar-refractivity contribution is 0.572. The fraction of sp³-hybridized carbons (Fsp3) is 0.0769. The van der Waals surface area contributed by atoms with E-state index in [0.29, 0.717) is 12.4 Å². The molecule has 0 aliphatic rings. The van der Waals surface area contributed by atoms with E-state index in [0.717, 1.165) is 11.1 Å². The van der Waals surface area contributed by atoms with E-state index in [1.165, 1.54) is 0 Å². The van der Waals surface area contributed by atoms with Crippen LogP contribution in [0.4, 0.5) is 0 Å². The van der Waals surface area contributed by atoms with Crippen LogP contribution >= 0.6 is 0 Å². The highest BCUT2D eigenvalue weighted by Gasteiger charge is 2.05. The summed E-state index contributed by atoms with van der Waals surface area (Å²) >= 11 is 0. The molecule has 0 unspecified atom stereocenters. The lowest BCUT2D eigenvalue weighted by atomic mass is 10.2. The molecule has 18 heavy (non-hydrogen) atoms. The van der Waals surface area contributed by atoms with E-state index < -0.39 is 0 Å². The fourth-order valence-corrected chi connectivity index (χ4v) is 1.67. The first-order valence-corrected chi connectivity index (χ1v) is 5.64. The third-order valence-electron chi connectivity index (χ3n) is 2.53. The van der Waals surface area contributed by atoms with Gasteiger partial charge in [-0.3, -0.25) is 4.98 Å². The molecular formula is C13H11N5. The zero-order chi connectivity index (χ0) is 12.2. The van der Waals surface area contributed by atoms with Crippen LogP contribution < -0.4 is 0 Å². The normalized spacial score (nSPS) is 10.4. The van der Waals surface area contributed by atoms with Gasteiger partial charge in [0.25, 0.3) is 0 Å². The third kappa shape index (κ3) is 2.24. The van der Waals surface area contributed by atoms with Crippen molar-refractivity contribution in [1.29, 1.82) is 0 Å². The van der Waals surface area contributed by atoms with Crippen molar-refractivity contribution in [3.05, 3.63) is 60.4 Å². The van der Waals surface area contributed by atoms with Crippen molar-refractivity contribution in [2.45, 2.75) is 6.54 Å². The van der Waals surface area contributed by atoms with Gasteiger partial charge in [-0.2, -0.15) is 4.80 Å². The molecule has 3 rings (SSSR count). The maximum absolute atomic E-state index is 4.34. The number of aromatic nitrogens is 5. The number of nitrogens with zero attached hydrogens (tertiary/aromatic N) is 5. The molecule has 88 valence electrons. The first kappa shape index (κ1) is 10.6. The Morgan fingerprint density at radius 1 is 1.00 bits per heavy atom. The van der Waals surface area contributed by atoms with Gasteiger partial charge in [0.15, 0.2) is 0 Å². The van der Waals surface area contributed by atoms with Gasteiger partial charge >= 0.3 is 0 Å². The molecule has 0 N–H and O–H groups in total. The molecule has 0 spiro atoms. The fourth-order valence-electron chi connectivity index (χ4n) is 1.67. The molecule has 0 bridgehead atoms. The summed E-state index contributed by atoms with van der Waals surface area (Å²) in [7, 11) is 0. The minimum absolute atomic E-state index is 0.577. The Morgan fingerprint density at radius 3 is 2.67 bits per heavy atom. The Bertz CT molecular complexity index is 618. The first-order valence-electron chi connectivity index (χ1n) is 5.64. The van der Waals surface area contributed by atoms with Crippen LogP contribution in [0.25, 0.3) is 11.4 Å². The highest BCUT2D eigenvalue weighted by Crippen LogP contribution is 2.12. The van der Waals surface area contributed by atoms with Gasteiger partial charge in [0.1, 0.15) is 0 Å². The van der Waals surface area contributed by atoms with E-state index in [4.69, 9.17) is 0 Å².